The van der Waals surface area contributed by atoms with Crippen molar-refractivity contribution in [1.29, 1.82) is 0 Å². The third-order valence-corrected chi connectivity index (χ3v) is 8.83. The zero-order valence-electron chi connectivity index (χ0n) is 22.2. The number of rotatable bonds is 4. The van der Waals surface area contributed by atoms with Crippen LogP contribution in [0.5, 0.6) is 0 Å². The van der Waals surface area contributed by atoms with Gasteiger partial charge in [-0.3, -0.25) is 33.7 Å². The molecule has 0 aliphatic heterocycles. The molecule has 0 amide bonds. The molecule has 0 aliphatic carbocycles. The average Bonchev–Trinajstić information content (AvgIpc) is 3.76. The minimum Gasteiger partial charge on any atom is -0.382 e. The molecule has 0 fully saturated rings. The van der Waals surface area contributed by atoms with Crippen LogP contribution in [0.2, 0.25) is 10.0 Å². The van der Waals surface area contributed by atoms with Crippen molar-refractivity contribution in [3.63, 3.8) is 0 Å². The molecule has 2 aromatic carbocycles. The average molecular weight is 710 g/mol. The molecule has 0 bridgehead atoms. The summed E-state index contributed by atoms with van der Waals surface area (Å²) in [5.41, 5.74) is 14.8. The maximum absolute atomic E-state index is 12.9. The van der Waals surface area contributed by atoms with Gasteiger partial charge in [0.15, 0.2) is 17.9 Å². The first-order valence-corrected chi connectivity index (χ1v) is 15.1. The Labute approximate surface area is 269 Å². The van der Waals surface area contributed by atoms with E-state index in [1.165, 1.54) is 20.5 Å². The second-order valence-corrected chi connectivity index (χ2v) is 12.0. The second kappa shape index (κ2) is 11.8. The van der Waals surface area contributed by atoms with Gasteiger partial charge in [0.25, 0.3) is 11.1 Å². The molecule has 44 heavy (non-hydrogen) atoms. The van der Waals surface area contributed by atoms with Crippen LogP contribution in [0.3, 0.4) is 0 Å². The van der Waals surface area contributed by atoms with Crippen LogP contribution < -0.4 is 22.6 Å². The van der Waals surface area contributed by atoms with E-state index in [4.69, 9.17) is 34.7 Å². The van der Waals surface area contributed by atoms with E-state index in [0.29, 0.717) is 52.8 Å². The van der Waals surface area contributed by atoms with Crippen LogP contribution in [0.4, 0.5) is 11.6 Å². The lowest BCUT2D eigenvalue weighted by Crippen LogP contribution is -2.19. The Morgan fingerprint density at radius 1 is 0.818 bits per heavy atom. The van der Waals surface area contributed by atoms with Crippen molar-refractivity contribution in [1.82, 2.24) is 29.5 Å². The molecule has 7 rings (SSSR count). The number of nitrogens with two attached hydrogens (primary N) is 2. The standard InChI is InChI=1S/C17H11ClN4O2S.C12H8BrClN4O/c18-12-3-1-2-4-13(12)22-6-11(9-5-10(7-23)25-8-9)15-14(17(22)24)16(19)21-20-15;13-6-5-18(8-4-2-1-3-7(8)14)12(19)9-10(6)16-17-11(9)15/h1-8H,(H3,19,20,21);1-5H,(H3,15,16,17). The number of nitrogens with one attached hydrogen (secondary N) is 2. The van der Waals surface area contributed by atoms with E-state index in [-0.39, 0.29) is 28.1 Å². The van der Waals surface area contributed by atoms with Gasteiger partial charge in [-0.25, -0.2) is 0 Å². The topological polar surface area (TPSA) is 170 Å². The Hall–Kier alpha value is -4.69. The number of aldehydes is 1. The number of hydrogen-bond donors (Lipinski definition) is 4. The van der Waals surface area contributed by atoms with E-state index in [2.05, 4.69) is 36.3 Å². The Morgan fingerprint density at radius 3 is 1.89 bits per heavy atom. The molecule has 0 saturated heterocycles. The fourth-order valence-corrected chi connectivity index (χ4v) is 6.32. The lowest BCUT2D eigenvalue weighted by molar-refractivity contribution is 0.112. The van der Waals surface area contributed by atoms with E-state index in [1.54, 1.807) is 60.9 Å². The predicted molar refractivity (Wildman–Crippen MR) is 179 cm³/mol. The fourth-order valence-electron chi connectivity index (χ4n) is 4.67. The summed E-state index contributed by atoms with van der Waals surface area (Å²) in [6.07, 6.45) is 4.11. The number of carbonyl (C=O) groups is 1. The van der Waals surface area contributed by atoms with E-state index in [1.807, 2.05) is 11.4 Å². The zero-order valence-corrected chi connectivity index (χ0v) is 26.1. The number of nitrogens with zero attached hydrogens (tertiary/aromatic N) is 4. The normalized spacial score (nSPS) is 11.1. The lowest BCUT2D eigenvalue weighted by atomic mass is 10.1. The van der Waals surface area contributed by atoms with Crippen molar-refractivity contribution >= 4 is 90.2 Å². The molecule has 220 valence electrons. The zero-order chi connectivity index (χ0) is 31.1. The number of anilines is 2. The van der Waals surface area contributed by atoms with Gasteiger partial charge >= 0.3 is 0 Å². The lowest BCUT2D eigenvalue weighted by Gasteiger charge is -2.11. The SMILES string of the molecule is Nc1n[nH]c2c(-c3csc(C=O)c3)cn(-c3ccccc3Cl)c(=O)c12.Nc1n[nH]c2c(Br)cn(-c3ccccc3Cl)c(=O)c12. The van der Waals surface area contributed by atoms with Crippen molar-refractivity contribution in [2.45, 2.75) is 0 Å². The minimum absolute atomic E-state index is 0.119. The summed E-state index contributed by atoms with van der Waals surface area (Å²) in [4.78, 5) is 37.0. The summed E-state index contributed by atoms with van der Waals surface area (Å²) >= 11 is 17.1. The number of benzene rings is 2. The molecular formula is C29H19BrCl2N8O3S. The molecule has 0 atom stereocenters. The van der Waals surface area contributed by atoms with Crippen molar-refractivity contribution in [2.75, 3.05) is 11.5 Å². The van der Waals surface area contributed by atoms with E-state index < -0.39 is 0 Å². The van der Waals surface area contributed by atoms with Crippen LogP contribution in [-0.2, 0) is 0 Å². The Kier molecular flexibility index (Phi) is 7.86. The van der Waals surface area contributed by atoms with Gasteiger partial charge in [0.2, 0.25) is 0 Å². The molecule has 0 aliphatic rings. The molecule has 0 spiro atoms. The van der Waals surface area contributed by atoms with Crippen molar-refractivity contribution in [3.8, 4) is 22.5 Å². The number of H-pyrrole nitrogens is 2. The van der Waals surface area contributed by atoms with Gasteiger partial charge in [-0.15, -0.1) is 11.3 Å². The maximum atomic E-state index is 12.9. The van der Waals surface area contributed by atoms with Crippen molar-refractivity contribution in [3.05, 3.63) is 112 Å². The quantitative estimate of drug-likeness (QED) is 0.158. The third kappa shape index (κ3) is 5.09. The fraction of sp³-hybridized carbons (Fsp3) is 0. The molecular weight excluding hydrogens is 691 g/mol. The highest BCUT2D eigenvalue weighted by molar-refractivity contribution is 9.10. The molecule has 6 N–H and O–H groups in total. The molecule has 15 heteroatoms. The molecule has 11 nitrogen and oxygen atoms in total. The third-order valence-electron chi connectivity index (χ3n) is 6.73. The molecule has 5 heterocycles. The number of pyridine rings is 2. The number of aromatic amines is 2. The first kappa shape index (κ1) is 29.4. The summed E-state index contributed by atoms with van der Waals surface area (Å²) < 4.78 is 3.58. The van der Waals surface area contributed by atoms with Gasteiger partial charge in [0.05, 0.1) is 41.8 Å². The molecule has 5 aromatic heterocycles. The van der Waals surface area contributed by atoms with Crippen LogP contribution in [0.15, 0.2) is 86.4 Å². The molecule has 0 radical (unpaired) electrons. The summed E-state index contributed by atoms with van der Waals surface area (Å²) in [7, 11) is 0. The van der Waals surface area contributed by atoms with Crippen LogP contribution in [0.1, 0.15) is 9.67 Å². The number of carbonyl (C=O) groups excluding carboxylic acids is 1. The summed E-state index contributed by atoms with van der Waals surface area (Å²) in [6, 6.07) is 15.9. The summed E-state index contributed by atoms with van der Waals surface area (Å²) in [5, 5.41) is 16.8. The maximum Gasteiger partial charge on any atom is 0.268 e. The highest BCUT2D eigenvalue weighted by Crippen LogP contribution is 2.32. The van der Waals surface area contributed by atoms with E-state index >= 15 is 0 Å². The highest BCUT2D eigenvalue weighted by Gasteiger charge is 2.19. The molecule has 7 aromatic rings. The minimum atomic E-state index is -0.316. The molecule has 0 saturated carbocycles. The van der Waals surface area contributed by atoms with Crippen molar-refractivity contribution in [2.24, 2.45) is 0 Å². The van der Waals surface area contributed by atoms with Crippen molar-refractivity contribution < 1.29 is 4.79 Å². The first-order chi connectivity index (χ1) is 21.2. The van der Waals surface area contributed by atoms with Crippen LogP contribution in [-0.4, -0.2) is 35.8 Å². The van der Waals surface area contributed by atoms with Crippen LogP contribution in [0, 0.1) is 0 Å². The van der Waals surface area contributed by atoms with Gasteiger partial charge < -0.3 is 11.5 Å². The van der Waals surface area contributed by atoms with Gasteiger partial charge in [-0.1, -0.05) is 47.5 Å². The number of halogens is 3. The van der Waals surface area contributed by atoms with Gasteiger partial charge in [0, 0.05) is 18.0 Å². The summed E-state index contributed by atoms with van der Waals surface area (Å²) in [6.45, 7) is 0. The summed E-state index contributed by atoms with van der Waals surface area (Å²) in [5.74, 6) is 0.288. The second-order valence-electron chi connectivity index (χ2n) is 9.35. The monoisotopic (exact) mass is 708 g/mol. The smallest absolute Gasteiger partial charge is 0.268 e. The number of thiophene rings is 1. The largest absolute Gasteiger partial charge is 0.382 e. The number of hydrogen-bond acceptors (Lipinski definition) is 8. The van der Waals surface area contributed by atoms with Crippen LogP contribution in [0.25, 0.3) is 44.3 Å². The molecule has 0 unspecified atom stereocenters. The Bertz CT molecular complexity index is 2340. The van der Waals surface area contributed by atoms with Crippen LogP contribution >= 0.6 is 50.5 Å². The van der Waals surface area contributed by atoms with E-state index in [0.717, 1.165) is 11.8 Å². The predicted octanol–water partition coefficient (Wildman–Crippen LogP) is 6.20. The Balaban J connectivity index is 0.000000162. The van der Waals surface area contributed by atoms with Gasteiger partial charge in [-0.05, 0) is 57.2 Å². The highest BCUT2D eigenvalue weighted by atomic mass is 79.9. The van der Waals surface area contributed by atoms with Gasteiger partial charge in [0.1, 0.15) is 10.8 Å². The first-order valence-electron chi connectivity index (χ1n) is 12.7. The number of aromatic nitrogens is 6. The van der Waals surface area contributed by atoms with E-state index in [9.17, 15) is 14.4 Å². The number of fused-ring (bicyclic) bond motifs is 2. The number of nitrogen functional groups attached to an aromatic ring is 2. The number of para-hydroxylation sites is 2. The van der Waals surface area contributed by atoms with Gasteiger partial charge in [-0.2, -0.15) is 10.2 Å². The Morgan fingerprint density at radius 2 is 1.34 bits per heavy atom.